The lowest BCUT2D eigenvalue weighted by Gasteiger charge is -2.34. The molecule has 0 spiro atoms. The Morgan fingerprint density at radius 1 is 1.36 bits per heavy atom. The number of nitrogens with one attached hydrogen (secondary N) is 1. The van der Waals surface area contributed by atoms with Crippen molar-refractivity contribution in [3.05, 3.63) is 35.4 Å². The third-order valence-corrected chi connectivity index (χ3v) is 4.13. The van der Waals surface area contributed by atoms with Crippen molar-refractivity contribution in [3.8, 4) is 0 Å². The van der Waals surface area contributed by atoms with Gasteiger partial charge in [0.05, 0.1) is 6.10 Å². The van der Waals surface area contributed by atoms with Crippen LogP contribution >= 0.6 is 0 Å². The van der Waals surface area contributed by atoms with Crippen LogP contribution in [-0.2, 0) is 11.2 Å². The van der Waals surface area contributed by atoms with E-state index in [0.29, 0.717) is 6.10 Å². The van der Waals surface area contributed by atoms with Crippen LogP contribution in [0.2, 0.25) is 0 Å². The van der Waals surface area contributed by atoms with E-state index >= 15 is 0 Å². The predicted octanol–water partition coefficient (Wildman–Crippen LogP) is 2.61. The molecular formula is C18H29N3O. The normalized spacial score (nSPS) is 16.9. The molecule has 1 fully saturated rings. The zero-order valence-corrected chi connectivity index (χ0v) is 14.1. The second-order valence-corrected chi connectivity index (χ2v) is 5.85. The molecule has 1 N–H and O–H groups in total. The standard InChI is InChI=1S/C18H29N3O/c1-4-22-17-9-12-21(13-10-17)18(19-3)20-11-8-16-7-5-6-15(2)14-16/h5-7,14,17H,4,8-13H2,1-3H3,(H,19,20). The van der Waals surface area contributed by atoms with E-state index in [1.54, 1.807) is 0 Å². The Hall–Kier alpha value is -1.55. The lowest BCUT2D eigenvalue weighted by Crippen LogP contribution is -2.47. The Kier molecular flexibility index (Phi) is 6.72. The number of rotatable bonds is 5. The van der Waals surface area contributed by atoms with Crippen LogP contribution in [0.1, 0.15) is 30.9 Å². The van der Waals surface area contributed by atoms with Gasteiger partial charge in [0.15, 0.2) is 5.96 Å². The monoisotopic (exact) mass is 303 g/mol. The minimum Gasteiger partial charge on any atom is -0.378 e. The summed E-state index contributed by atoms with van der Waals surface area (Å²) in [5.74, 6) is 1.02. The van der Waals surface area contributed by atoms with Gasteiger partial charge in [0.2, 0.25) is 0 Å². The number of nitrogens with zero attached hydrogens (tertiary/aromatic N) is 2. The molecule has 1 heterocycles. The molecule has 0 saturated carbocycles. The SMILES string of the molecule is CCOC1CCN(C(=NC)NCCc2cccc(C)c2)CC1. The smallest absolute Gasteiger partial charge is 0.193 e. The number of piperidine rings is 1. The van der Waals surface area contributed by atoms with Crippen LogP contribution in [-0.4, -0.2) is 50.3 Å². The zero-order valence-electron chi connectivity index (χ0n) is 14.1. The van der Waals surface area contributed by atoms with Crippen LogP contribution in [0.5, 0.6) is 0 Å². The van der Waals surface area contributed by atoms with Gasteiger partial charge in [-0.3, -0.25) is 4.99 Å². The van der Waals surface area contributed by atoms with Crippen molar-refractivity contribution in [2.75, 3.05) is 33.3 Å². The third-order valence-electron chi connectivity index (χ3n) is 4.13. The average Bonchev–Trinajstić information content (AvgIpc) is 2.53. The first-order valence-corrected chi connectivity index (χ1v) is 8.35. The summed E-state index contributed by atoms with van der Waals surface area (Å²) in [7, 11) is 1.86. The van der Waals surface area contributed by atoms with Gasteiger partial charge < -0.3 is 15.0 Å². The van der Waals surface area contributed by atoms with Gasteiger partial charge in [-0.25, -0.2) is 0 Å². The summed E-state index contributed by atoms with van der Waals surface area (Å²) in [5, 5.41) is 3.49. The van der Waals surface area contributed by atoms with Crippen LogP contribution in [0.4, 0.5) is 0 Å². The molecule has 1 aromatic rings. The Morgan fingerprint density at radius 3 is 2.77 bits per heavy atom. The second kappa shape index (κ2) is 8.79. The van der Waals surface area contributed by atoms with Gasteiger partial charge in [0.25, 0.3) is 0 Å². The number of hydrogen-bond donors (Lipinski definition) is 1. The van der Waals surface area contributed by atoms with E-state index in [9.17, 15) is 0 Å². The molecule has 0 unspecified atom stereocenters. The van der Waals surface area contributed by atoms with Gasteiger partial charge in [-0.15, -0.1) is 0 Å². The number of guanidine groups is 1. The number of aliphatic imine (C=N–C) groups is 1. The quantitative estimate of drug-likeness (QED) is 0.671. The molecule has 0 amide bonds. The van der Waals surface area contributed by atoms with E-state index in [0.717, 1.165) is 51.5 Å². The Balaban J connectivity index is 1.76. The molecule has 0 aliphatic carbocycles. The lowest BCUT2D eigenvalue weighted by atomic mass is 10.1. The van der Waals surface area contributed by atoms with Gasteiger partial charge in [0.1, 0.15) is 0 Å². The molecule has 0 aromatic heterocycles. The van der Waals surface area contributed by atoms with E-state index in [-0.39, 0.29) is 0 Å². The fourth-order valence-corrected chi connectivity index (χ4v) is 2.99. The van der Waals surface area contributed by atoms with Crippen molar-refractivity contribution in [2.45, 2.75) is 39.2 Å². The number of benzene rings is 1. The number of ether oxygens (including phenoxy) is 1. The predicted molar refractivity (Wildman–Crippen MR) is 92.5 cm³/mol. The Morgan fingerprint density at radius 2 is 2.14 bits per heavy atom. The molecule has 122 valence electrons. The highest BCUT2D eigenvalue weighted by Crippen LogP contribution is 2.13. The maximum absolute atomic E-state index is 5.71. The molecule has 22 heavy (non-hydrogen) atoms. The molecule has 1 aliphatic heterocycles. The van der Waals surface area contributed by atoms with Gasteiger partial charge in [-0.2, -0.15) is 0 Å². The van der Waals surface area contributed by atoms with Crippen molar-refractivity contribution < 1.29 is 4.74 Å². The number of aryl methyl sites for hydroxylation is 1. The fourth-order valence-electron chi connectivity index (χ4n) is 2.99. The summed E-state index contributed by atoms with van der Waals surface area (Å²) in [4.78, 5) is 6.76. The summed E-state index contributed by atoms with van der Waals surface area (Å²) in [6.45, 7) is 7.98. The van der Waals surface area contributed by atoms with E-state index < -0.39 is 0 Å². The molecule has 1 saturated heterocycles. The zero-order chi connectivity index (χ0) is 15.8. The van der Waals surface area contributed by atoms with Crippen molar-refractivity contribution in [1.82, 2.24) is 10.2 Å². The van der Waals surface area contributed by atoms with E-state index in [2.05, 4.69) is 53.3 Å². The Labute approximate surface area is 134 Å². The van der Waals surface area contributed by atoms with Crippen LogP contribution < -0.4 is 5.32 Å². The minimum atomic E-state index is 0.423. The van der Waals surface area contributed by atoms with Crippen LogP contribution in [0.25, 0.3) is 0 Å². The molecule has 0 bridgehead atoms. The molecule has 0 radical (unpaired) electrons. The molecule has 4 nitrogen and oxygen atoms in total. The molecule has 1 aromatic carbocycles. The highest BCUT2D eigenvalue weighted by Gasteiger charge is 2.21. The largest absolute Gasteiger partial charge is 0.378 e. The van der Waals surface area contributed by atoms with E-state index in [4.69, 9.17) is 4.74 Å². The maximum atomic E-state index is 5.71. The van der Waals surface area contributed by atoms with E-state index in [1.165, 1.54) is 11.1 Å². The summed E-state index contributed by atoms with van der Waals surface area (Å²) < 4.78 is 5.71. The topological polar surface area (TPSA) is 36.9 Å². The molecular weight excluding hydrogens is 274 g/mol. The molecule has 0 atom stereocenters. The van der Waals surface area contributed by atoms with Gasteiger partial charge in [0, 0.05) is 33.3 Å². The Bertz CT molecular complexity index is 479. The average molecular weight is 303 g/mol. The summed E-state index contributed by atoms with van der Waals surface area (Å²) in [6.07, 6.45) is 3.63. The van der Waals surface area contributed by atoms with Crippen LogP contribution in [0.15, 0.2) is 29.3 Å². The summed E-state index contributed by atoms with van der Waals surface area (Å²) in [5.41, 5.74) is 2.69. The summed E-state index contributed by atoms with van der Waals surface area (Å²) in [6, 6.07) is 8.69. The number of hydrogen-bond acceptors (Lipinski definition) is 2. The van der Waals surface area contributed by atoms with Crippen molar-refractivity contribution in [3.63, 3.8) is 0 Å². The highest BCUT2D eigenvalue weighted by molar-refractivity contribution is 5.79. The first kappa shape index (κ1) is 16.8. The molecule has 1 aliphatic rings. The molecule has 4 heteroatoms. The minimum absolute atomic E-state index is 0.423. The first-order chi connectivity index (χ1) is 10.7. The first-order valence-electron chi connectivity index (χ1n) is 8.35. The van der Waals surface area contributed by atoms with Gasteiger partial charge in [-0.05, 0) is 38.7 Å². The van der Waals surface area contributed by atoms with Crippen LogP contribution in [0, 0.1) is 6.92 Å². The van der Waals surface area contributed by atoms with E-state index in [1.807, 2.05) is 7.05 Å². The highest BCUT2D eigenvalue weighted by atomic mass is 16.5. The summed E-state index contributed by atoms with van der Waals surface area (Å²) >= 11 is 0. The van der Waals surface area contributed by atoms with Crippen molar-refractivity contribution >= 4 is 5.96 Å². The lowest BCUT2D eigenvalue weighted by molar-refractivity contribution is 0.0264. The van der Waals surface area contributed by atoms with Gasteiger partial charge in [-0.1, -0.05) is 29.8 Å². The fraction of sp³-hybridized carbons (Fsp3) is 0.611. The molecule has 2 rings (SSSR count). The third kappa shape index (κ3) is 5.02. The van der Waals surface area contributed by atoms with Crippen LogP contribution in [0.3, 0.4) is 0 Å². The number of likely N-dealkylation sites (tertiary alicyclic amines) is 1. The maximum Gasteiger partial charge on any atom is 0.193 e. The van der Waals surface area contributed by atoms with Crippen molar-refractivity contribution in [1.29, 1.82) is 0 Å². The van der Waals surface area contributed by atoms with Gasteiger partial charge >= 0.3 is 0 Å². The second-order valence-electron chi connectivity index (χ2n) is 5.85. The van der Waals surface area contributed by atoms with Crippen molar-refractivity contribution in [2.24, 2.45) is 4.99 Å².